The van der Waals surface area contributed by atoms with E-state index in [1.165, 1.54) is 22.2 Å². The molecule has 2 atom stereocenters. The third-order valence-corrected chi connectivity index (χ3v) is 3.92. The molecule has 1 aliphatic rings. The molecular formula is C16H22N2O. The molecule has 3 nitrogen and oxygen atoms in total. The third-order valence-electron chi connectivity index (χ3n) is 3.92. The Morgan fingerprint density at radius 1 is 1.26 bits per heavy atom. The van der Waals surface area contributed by atoms with Crippen LogP contribution in [-0.2, 0) is 4.74 Å². The summed E-state index contributed by atoms with van der Waals surface area (Å²) in [4.78, 5) is 3.46. The predicted octanol–water partition coefficient (Wildman–Crippen LogP) is 3.30. The molecule has 0 amide bonds. The van der Waals surface area contributed by atoms with Gasteiger partial charge in [0.2, 0.25) is 0 Å². The Morgan fingerprint density at radius 3 is 2.74 bits per heavy atom. The molecule has 0 radical (unpaired) electrons. The van der Waals surface area contributed by atoms with Crippen LogP contribution in [0.1, 0.15) is 38.1 Å². The van der Waals surface area contributed by atoms with Gasteiger partial charge in [0.05, 0.1) is 12.7 Å². The predicted molar refractivity (Wildman–Crippen MR) is 78.4 cm³/mol. The lowest BCUT2D eigenvalue weighted by molar-refractivity contribution is -0.0491. The van der Waals surface area contributed by atoms with Gasteiger partial charge in [-0.3, -0.25) is 0 Å². The maximum absolute atomic E-state index is 6.16. The number of fused-ring (bicyclic) bond motifs is 1. The van der Waals surface area contributed by atoms with Crippen molar-refractivity contribution >= 4 is 10.9 Å². The fraction of sp³-hybridized carbons (Fsp3) is 0.500. The number of rotatable bonds is 1. The number of aromatic amines is 1. The van der Waals surface area contributed by atoms with Gasteiger partial charge in [0.1, 0.15) is 0 Å². The number of benzene rings is 1. The standard InChI is InChI=1S/C16H22N2O/c1-10-14(12-7-5-6-8-13(12)17-10)15-11(2)18-16(3,4)9-19-15/h5-8,11,15,17-18H,9H2,1-4H3. The number of morpholine rings is 1. The summed E-state index contributed by atoms with van der Waals surface area (Å²) >= 11 is 0. The smallest absolute Gasteiger partial charge is 0.0999 e. The van der Waals surface area contributed by atoms with Crippen molar-refractivity contribution in [2.45, 2.75) is 45.4 Å². The highest BCUT2D eigenvalue weighted by Crippen LogP contribution is 2.35. The molecule has 0 spiro atoms. The molecule has 19 heavy (non-hydrogen) atoms. The molecule has 0 aliphatic carbocycles. The highest BCUT2D eigenvalue weighted by Gasteiger charge is 2.35. The number of aromatic nitrogens is 1. The highest BCUT2D eigenvalue weighted by atomic mass is 16.5. The summed E-state index contributed by atoms with van der Waals surface area (Å²) < 4.78 is 6.16. The Morgan fingerprint density at radius 2 is 2.00 bits per heavy atom. The van der Waals surface area contributed by atoms with Gasteiger partial charge < -0.3 is 15.0 Å². The summed E-state index contributed by atoms with van der Waals surface area (Å²) in [6, 6.07) is 8.75. The molecule has 1 aromatic heterocycles. The van der Waals surface area contributed by atoms with Gasteiger partial charge in [0, 0.05) is 33.7 Å². The molecule has 2 unspecified atom stereocenters. The maximum atomic E-state index is 6.16. The van der Waals surface area contributed by atoms with Gasteiger partial charge in [-0.25, -0.2) is 0 Å². The number of ether oxygens (including phenoxy) is 1. The van der Waals surface area contributed by atoms with E-state index in [1.807, 2.05) is 0 Å². The average molecular weight is 258 g/mol. The van der Waals surface area contributed by atoms with Gasteiger partial charge in [-0.05, 0) is 33.8 Å². The van der Waals surface area contributed by atoms with Crippen LogP contribution in [0.5, 0.6) is 0 Å². The monoisotopic (exact) mass is 258 g/mol. The SMILES string of the molecule is Cc1[nH]c2ccccc2c1C1OCC(C)(C)NC1C. The van der Waals surface area contributed by atoms with Gasteiger partial charge in [-0.1, -0.05) is 18.2 Å². The van der Waals surface area contributed by atoms with Gasteiger partial charge in [0.15, 0.2) is 0 Å². The van der Waals surface area contributed by atoms with E-state index in [0.29, 0.717) is 6.04 Å². The molecule has 1 aromatic carbocycles. The van der Waals surface area contributed by atoms with E-state index in [-0.39, 0.29) is 11.6 Å². The molecule has 2 N–H and O–H groups in total. The van der Waals surface area contributed by atoms with Gasteiger partial charge in [-0.15, -0.1) is 0 Å². The summed E-state index contributed by atoms with van der Waals surface area (Å²) in [5, 5.41) is 4.92. The molecule has 0 bridgehead atoms. The van der Waals surface area contributed by atoms with Crippen molar-refractivity contribution < 1.29 is 4.74 Å². The van der Waals surface area contributed by atoms with E-state index in [4.69, 9.17) is 4.74 Å². The first kappa shape index (κ1) is 12.7. The number of hydrogen-bond donors (Lipinski definition) is 2. The third kappa shape index (κ3) is 2.17. The first-order valence-electron chi connectivity index (χ1n) is 6.94. The molecule has 1 saturated heterocycles. The minimum Gasteiger partial charge on any atom is -0.370 e. The minimum absolute atomic E-state index is 0.0515. The second-order valence-corrected chi connectivity index (χ2v) is 6.26. The molecule has 3 rings (SSSR count). The second kappa shape index (κ2) is 4.36. The number of para-hydroxylation sites is 1. The molecule has 0 saturated carbocycles. The summed E-state index contributed by atoms with van der Waals surface area (Å²) in [7, 11) is 0. The second-order valence-electron chi connectivity index (χ2n) is 6.26. The summed E-state index contributed by atoms with van der Waals surface area (Å²) in [6.45, 7) is 9.43. The Hall–Kier alpha value is -1.32. The lowest BCUT2D eigenvalue weighted by atomic mass is 9.94. The number of hydrogen-bond acceptors (Lipinski definition) is 2. The zero-order valence-corrected chi connectivity index (χ0v) is 12.1. The van der Waals surface area contributed by atoms with Crippen molar-refractivity contribution in [3.63, 3.8) is 0 Å². The average Bonchev–Trinajstić information content (AvgIpc) is 2.65. The van der Waals surface area contributed by atoms with Crippen LogP contribution in [0.4, 0.5) is 0 Å². The Kier molecular flexibility index (Phi) is 2.91. The van der Waals surface area contributed by atoms with Crippen LogP contribution in [0.3, 0.4) is 0 Å². The number of aryl methyl sites for hydroxylation is 1. The van der Waals surface area contributed by atoms with E-state index in [1.54, 1.807) is 0 Å². The lowest BCUT2D eigenvalue weighted by Gasteiger charge is -2.41. The van der Waals surface area contributed by atoms with Crippen LogP contribution >= 0.6 is 0 Å². The van der Waals surface area contributed by atoms with Crippen LogP contribution in [0.15, 0.2) is 24.3 Å². The Labute approximate surface area is 114 Å². The topological polar surface area (TPSA) is 37.0 Å². The van der Waals surface area contributed by atoms with Crippen molar-refractivity contribution in [2.75, 3.05) is 6.61 Å². The van der Waals surface area contributed by atoms with Crippen molar-refractivity contribution in [3.8, 4) is 0 Å². The quantitative estimate of drug-likeness (QED) is 0.823. The van der Waals surface area contributed by atoms with Gasteiger partial charge >= 0.3 is 0 Å². The van der Waals surface area contributed by atoms with Crippen LogP contribution < -0.4 is 5.32 Å². The van der Waals surface area contributed by atoms with Crippen molar-refractivity contribution in [1.82, 2.24) is 10.3 Å². The molecule has 3 heteroatoms. The van der Waals surface area contributed by atoms with E-state index in [2.05, 4.69) is 62.3 Å². The largest absolute Gasteiger partial charge is 0.370 e. The van der Waals surface area contributed by atoms with Crippen LogP contribution in [-0.4, -0.2) is 23.2 Å². The van der Waals surface area contributed by atoms with E-state index in [9.17, 15) is 0 Å². The van der Waals surface area contributed by atoms with Gasteiger partial charge in [0.25, 0.3) is 0 Å². The van der Waals surface area contributed by atoms with Gasteiger partial charge in [-0.2, -0.15) is 0 Å². The molecule has 2 aromatic rings. The number of nitrogens with one attached hydrogen (secondary N) is 2. The zero-order valence-electron chi connectivity index (χ0n) is 12.1. The zero-order chi connectivity index (χ0) is 13.6. The van der Waals surface area contributed by atoms with Crippen LogP contribution in [0.2, 0.25) is 0 Å². The number of H-pyrrole nitrogens is 1. The molecule has 1 aliphatic heterocycles. The molecule has 2 heterocycles. The van der Waals surface area contributed by atoms with Crippen molar-refractivity contribution in [1.29, 1.82) is 0 Å². The normalized spacial score (nSPS) is 26.7. The maximum Gasteiger partial charge on any atom is 0.0999 e. The molecular weight excluding hydrogens is 236 g/mol. The lowest BCUT2D eigenvalue weighted by Crippen LogP contribution is -2.55. The molecule has 102 valence electrons. The van der Waals surface area contributed by atoms with E-state index >= 15 is 0 Å². The fourth-order valence-electron chi connectivity index (χ4n) is 3.17. The van der Waals surface area contributed by atoms with Crippen molar-refractivity contribution in [2.24, 2.45) is 0 Å². The highest BCUT2D eigenvalue weighted by molar-refractivity contribution is 5.85. The molecule has 1 fully saturated rings. The van der Waals surface area contributed by atoms with Crippen molar-refractivity contribution in [3.05, 3.63) is 35.5 Å². The first-order valence-corrected chi connectivity index (χ1v) is 6.94. The fourth-order valence-corrected chi connectivity index (χ4v) is 3.17. The summed E-state index contributed by atoms with van der Waals surface area (Å²) in [5.41, 5.74) is 3.75. The Bertz CT molecular complexity index is 600. The summed E-state index contributed by atoms with van der Waals surface area (Å²) in [5.74, 6) is 0. The van der Waals surface area contributed by atoms with E-state index < -0.39 is 0 Å². The minimum atomic E-state index is 0.0515. The van der Waals surface area contributed by atoms with Crippen LogP contribution in [0.25, 0.3) is 10.9 Å². The first-order chi connectivity index (χ1) is 8.98. The Balaban J connectivity index is 2.03. The summed E-state index contributed by atoms with van der Waals surface area (Å²) in [6.07, 6.45) is 0.115. The van der Waals surface area contributed by atoms with E-state index in [0.717, 1.165) is 6.61 Å². The van der Waals surface area contributed by atoms with Crippen LogP contribution in [0, 0.1) is 6.92 Å².